The number of para-hydroxylation sites is 1. The van der Waals surface area contributed by atoms with Crippen molar-refractivity contribution < 1.29 is 15.3 Å². The molecule has 1 atom stereocenters. The molecule has 2 aromatic carbocycles. The number of rotatable bonds is 4. The van der Waals surface area contributed by atoms with Crippen molar-refractivity contribution in [2.45, 2.75) is 19.5 Å². The smallest absolute Gasteiger partial charge is 0.161 e. The quantitative estimate of drug-likeness (QED) is 0.637. The Morgan fingerprint density at radius 1 is 1.05 bits per heavy atom. The molecule has 0 saturated carbocycles. The van der Waals surface area contributed by atoms with Gasteiger partial charge in [-0.3, -0.25) is 0 Å². The highest BCUT2D eigenvalue weighted by atomic mass is 16.3. The molecule has 2 aromatic rings. The Morgan fingerprint density at radius 2 is 1.79 bits per heavy atom. The maximum absolute atomic E-state index is 9.70. The lowest BCUT2D eigenvalue weighted by atomic mass is 10.1. The number of benzene rings is 2. The second kappa shape index (κ2) is 5.63. The van der Waals surface area contributed by atoms with Crippen LogP contribution in [0.1, 0.15) is 24.1 Å². The zero-order valence-corrected chi connectivity index (χ0v) is 10.7. The van der Waals surface area contributed by atoms with E-state index in [0.29, 0.717) is 12.1 Å². The highest BCUT2D eigenvalue weighted by Crippen LogP contribution is 2.28. The topological polar surface area (TPSA) is 72.7 Å². The fraction of sp³-hybridized carbons (Fsp3) is 0.200. The summed E-state index contributed by atoms with van der Waals surface area (Å²) in [5, 5.41) is 31.8. The molecule has 0 heterocycles. The van der Waals surface area contributed by atoms with Crippen LogP contribution in [0.2, 0.25) is 0 Å². The van der Waals surface area contributed by atoms with Crippen LogP contribution in [0.25, 0.3) is 0 Å². The van der Waals surface area contributed by atoms with Gasteiger partial charge in [0.25, 0.3) is 0 Å². The van der Waals surface area contributed by atoms with Crippen molar-refractivity contribution in [1.29, 1.82) is 0 Å². The minimum Gasteiger partial charge on any atom is -0.508 e. The molecule has 0 radical (unpaired) electrons. The van der Waals surface area contributed by atoms with Crippen LogP contribution < -0.4 is 5.32 Å². The van der Waals surface area contributed by atoms with Crippen LogP contribution in [0.4, 0.5) is 0 Å². The minimum absolute atomic E-state index is 0.0221. The summed E-state index contributed by atoms with van der Waals surface area (Å²) >= 11 is 0. The molecule has 2 rings (SSSR count). The summed E-state index contributed by atoms with van der Waals surface area (Å²) in [5.74, 6) is 0.00812. The number of phenols is 3. The second-order valence-corrected chi connectivity index (χ2v) is 4.48. The van der Waals surface area contributed by atoms with Crippen LogP contribution >= 0.6 is 0 Å². The minimum atomic E-state index is -0.121. The van der Waals surface area contributed by atoms with Crippen LogP contribution in [0, 0.1) is 0 Å². The predicted molar refractivity (Wildman–Crippen MR) is 73.1 cm³/mol. The summed E-state index contributed by atoms with van der Waals surface area (Å²) in [5.41, 5.74) is 1.59. The van der Waals surface area contributed by atoms with E-state index in [0.717, 1.165) is 5.56 Å². The summed E-state index contributed by atoms with van der Waals surface area (Å²) < 4.78 is 0. The van der Waals surface area contributed by atoms with Crippen molar-refractivity contribution in [3.63, 3.8) is 0 Å². The fourth-order valence-electron chi connectivity index (χ4n) is 1.90. The van der Waals surface area contributed by atoms with Gasteiger partial charge >= 0.3 is 0 Å². The molecule has 19 heavy (non-hydrogen) atoms. The van der Waals surface area contributed by atoms with Crippen molar-refractivity contribution in [2.75, 3.05) is 0 Å². The average molecular weight is 259 g/mol. The van der Waals surface area contributed by atoms with Gasteiger partial charge in [0.15, 0.2) is 11.5 Å². The molecule has 0 amide bonds. The van der Waals surface area contributed by atoms with Gasteiger partial charge in [-0.2, -0.15) is 0 Å². The van der Waals surface area contributed by atoms with Gasteiger partial charge in [0, 0.05) is 18.2 Å². The first-order valence-corrected chi connectivity index (χ1v) is 6.10. The van der Waals surface area contributed by atoms with Gasteiger partial charge in [-0.25, -0.2) is 0 Å². The van der Waals surface area contributed by atoms with E-state index in [1.165, 1.54) is 6.07 Å². The molecule has 0 bridgehead atoms. The largest absolute Gasteiger partial charge is 0.508 e. The number of aromatic hydroxyl groups is 3. The number of hydrogen-bond acceptors (Lipinski definition) is 4. The molecule has 0 saturated heterocycles. The maximum Gasteiger partial charge on any atom is 0.161 e. The van der Waals surface area contributed by atoms with Crippen molar-refractivity contribution in [3.8, 4) is 17.2 Å². The zero-order valence-electron chi connectivity index (χ0n) is 10.7. The van der Waals surface area contributed by atoms with Gasteiger partial charge in [0.05, 0.1) is 0 Å². The van der Waals surface area contributed by atoms with E-state index < -0.39 is 0 Å². The molecular formula is C15H17NO3. The normalized spacial score (nSPS) is 12.3. The lowest BCUT2D eigenvalue weighted by Crippen LogP contribution is -2.18. The first kappa shape index (κ1) is 13.2. The number of hydrogen-bond donors (Lipinski definition) is 4. The standard InChI is InChI=1S/C15H17NO3/c1-10(11-4-2-6-13(17)8-11)16-9-12-5-3-7-14(18)15(12)19/h2-8,10,16-19H,9H2,1H3. The highest BCUT2D eigenvalue weighted by Gasteiger charge is 2.09. The second-order valence-electron chi connectivity index (χ2n) is 4.48. The summed E-state index contributed by atoms with van der Waals surface area (Å²) in [6.07, 6.45) is 0. The van der Waals surface area contributed by atoms with Crippen LogP contribution in [0.3, 0.4) is 0 Å². The van der Waals surface area contributed by atoms with Gasteiger partial charge in [-0.05, 0) is 30.7 Å². The van der Waals surface area contributed by atoms with Gasteiger partial charge in [-0.15, -0.1) is 0 Å². The Hall–Kier alpha value is -2.20. The molecule has 0 aromatic heterocycles. The molecule has 1 unspecified atom stereocenters. The van der Waals surface area contributed by atoms with E-state index in [9.17, 15) is 15.3 Å². The maximum atomic E-state index is 9.70. The van der Waals surface area contributed by atoms with E-state index in [4.69, 9.17) is 0 Å². The number of nitrogens with one attached hydrogen (secondary N) is 1. The molecule has 0 aliphatic carbocycles. The molecule has 0 spiro atoms. The third-order valence-electron chi connectivity index (χ3n) is 3.07. The summed E-state index contributed by atoms with van der Waals surface area (Å²) in [7, 11) is 0. The third kappa shape index (κ3) is 3.17. The van der Waals surface area contributed by atoms with E-state index in [-0.39, 0.29) is 23.3 Å². The third-order valence-corrected chi connectivity index (χ3v) is 3.07. The summed E-state index contributed by atoms with van der Waals surface area (Å²) in [6, 6.07) is 11.9. The van der Waals surface area contributed by atoms with Crippen molar-refractivity contribution in [1.82, 2.24) is 5.32 Å². The van der Waals surface area contributed by atoms with Crippen LogP contribution in [0.15, 0.2) is 42.5 Å². The van der Waals surface area contributed by atoms with Crippen molar-refractivity contribution in [3.05, 3.63) is 53.6 Å². The Morgan fingerprint density at radius 3 is 2.53 bits per heavy atom. The number of phenolic OH excluding ortho intramolecular Hbond substituents is 3. The van der Waals surface area contributed by atoms with Gasteiger partial charge in [-0.1, -0.05) is 24.3 Å². The van der Waals surface area contributed by atoms with Crippen LogP contribution in [-0.2, 0) is 6.54 Å². The summed E-state index contributed by atoms with van der Waals surface area (Å²) in [4.78, 5) is 0. The lowest BCUT2D eigenvalue weighted by Gasteiger charge is -2.15. The summed E-state index contributed by atoms with van der Waals surface area (Å²) in [6.45, 7) is 2.39. The highest BCUT2D eigenvalue weighted by molar-refractivity contribution is 5.44. The molecule has 0 fully saturated rings. The van der Waals surface area contributed by atoms with Crippen LogP contribution in [-0.4, -0.2) is 15.3 Å². The molecule has 4 N–H and O–H groups in total. The molecule has 0 aliphatic heterocycles. The molecule has 4 nitrogen and oxygen atoms in total. The van der Waals surface area contributed by atoms with Crippen LogP contribution in [0.5, 0.6) is 17.2 Å². The molecular weight excluding hydrogens is 242 g/mol. The molecule has 4 heteroatoms. The van der Waals surface area contributed by atoms with E-state index in [1.54, 1.807) is 30.3 Å². The van der Waals surface area contributed by atoms with Gasteiger partial charge < -0.3 is 20.6 Å². The Labute approximate surface area is 112 Å². The van der Waals surface area contributed by atoms with E-state index in [1.807, 2.05) is 13.0 Å². The Kier molecular flexibility index (Phi) is 3.92. The lowest BCUT2D eigenvalue weighted by molar-refractivity contribution is 0.396. The zero-order chi connectivity index (χ0) is 13.8. The molecule has 100 valence electrons. The first-order valence-electron chi connectivity index (χ1n) is 6.10. The average Bonchev–Trinajstić information content (AvgIpc) is 2.40. The van der Waals surface area contributed by atoms with Crippen molar-refractivity contribution in [2.24, 2.45) is 0 Å². The molecule has 0 aliphatic rings. The Balaban J connectivity index is 2.04. The first-order chi connectivity index (χ1) is 9.08. The predicted octanol–water partition coefficient (Wildman–Crippen LogP) is 2.65. The fourth-order valence-corrected chi connectivity index (χ4v) is 1.90. The van der Waals surface area contributed by atoms with E-state index >= 15 is 0 Å². The van der Waals surface area contributed by atoms with Crippen molar-refractivity contribution >= 4 is 0 Å². The van der Waals surface area contributed by atoms with E-state index in [2.05, 4.69) is 5.32 Å². The van der Waals surface area contributed by atoms with Gasteiger partial charge in [0.2, 0.25) is 0 Å². The van der Waals surface area contributed by atoms with Gasteiger partial charge in [0.1, 0.15) is 5.75 Å². The Bertz CT molecular complexity index is 569. The SMILES string of the molecule is CC(NCc1cccc(O)c1O)c1cccc(O)c1. The monoisotopic (exact) mass is 259 g/mol.